The normalized spacial score (nSPS) is 27.7. The molecule has 2 fully saturated rings. The molecule has 1 aliphatic carbocycles. The number of nitrogens with one attached hydrogen (secondary N) is 1. The minimum Gasteiger partial charge on any atom is -0.374 e. The summed E-state index contributed by atoms with van der Waals surface area (Å²) in [6.07, 6.45) is 4.08. The minimum absolute atomic E-state index is 0.266. The summed E-state index contributed by atoms with van der Waals surface area (Å²) >= 11 is 0. The number of aryl methyl sites for hydroxylation is 1. The molecule has 0 radical (unpaired) electrons. The van der Waals surface area contributed by atoms with E-state index in [0.29, 0.717) is 6.04 Å². The molecule has 3 heteroatoms. The first-order chi connectivity index (χ1) is 9.85. The lowest BCUT2D eigenvalue weighted by molar-refractivity contribution is -0.0742. The number of benzene rings is 1. The summed E-state index contributed by atoms with van der Waals surface area (Å²) in [4.78, 5) is 2.69. The van der Waals surface area contributed by atoms with E-state index in [-0.39, 0.29) is 6.10 Å². The van der Waals surface area contributed by atoms with E-state index >= 15 is 0 Å². The number of morpholine rings is 1. The van der Waals surface area contributed by atoms with Gasteiger partial charge in [-0.05, 0) is 37.4 Å². The minimum atomic E-state index is 0.266. The van der Waals surface area contributed by atoms with Gasteiger partial charge in [-0.3, -0.25) is 4.90 Å². The zero-order valence-electron chi connectivity index (χ0n) is 12.6. The van der Waals surface area contributed by atoms with Crippen molar-refractivity contribution in [3.63, 3.8) is 0 Å². The first kappa shape index (κ1) is 14.1. The van der Waals surface area contributed by atoms with Gasteiger partial charge in [-0.2, -0.15) is 0 Å². The fourth-order valence-electron chi connectivity index (χ4n) is 3.46. The summed E-state index contributed by atoms with van der Waals surface area (Å²) in [6, 6.07) is 10.1. The maximum atomic E-state index is 6.09. The molecule has 2 atom stereocenters. The molecule has 1 aromatic carbocycles. The maximum Gasteiger partial charge on any atom is 0.0896 e. The van der Waals surface area contributed by atoms with Crippen LogP contribution in [-0.2, 0) is 11.2 Å². The maximum absolute atomic E-state index is 6.09. The lowest BCUT2D eigenvalue weighted by atomic mass is 9.92. The molecule has 0 amide bonds. The first-order valence-corrected chi connectivity index (χ1v) is 7.95. The van der Waals surface area contributed by atoms with Gasteiger partial charge in [-0.15, -0.1) is 0 Å². The van der Waals surface area contributed by atoms with Crippen molar-refractivity contribution in [2.45, 2.75) is 44.4 Å². The Morgan fingerprint density at radius 3 is 2.80 bits per heavy atom. The highest BCUT2D eigenvalue weighted by atomic mass is 16.5. The summed E-state index contributed by atoms with van der Waals surface area (Å²) in [5.41, 5.74) is 2.94. The summed E-state index contributed by atoms with van der Waals surface area (Å²) < 4.78 is 6.09. The van der Waals surface area contributed by atoms with Crippen LogP contribution in [-0.4, -0.2) is 43.8 Å². The number of nitrogens with zero attached hydrogens (tertiary/aromatic N) is 1. The molecular weight excluding hydrogens is 248 g/mol. The summed E-state index contributed by atoms with van der Waals surface area (Å²) in [7, 11) is 2.02. The molecule has 1 saturated heterocycles. The number of ether oxygens (including phenoxy) is 1. The van der Waals surface area contributed by atoms with Gasteiger partial charge in [-0.1, -0.05) is 31.2 Å². The Morgan fingerprint density at radius 1 is 1.30 bits per heavy atom. The lowest BCUT2D eigenvalue weighted by Gasteiger charge is -2.42. The summed E-state index contributed by atoms with van der Waals surface area (Å²) in [5, 5.41) is 3.30. The van der Waals surface area contributed by atoms with E-state index in [1.807, 2.05) is 7.05 Å². The van der Waals surface area contributed by atoms with Crippen molar-refractivity contribution in [3.05, 3.63) is 35.4 Å². The lowest BCUT2D eigenvalue weighted by Crippen LogP contribution is -2.49. The van der Waals surface area contributed by atoms with Gasteiger partial charge in [0.25, 0.3) is 0 Å². The molecule has 3 rings (SSSR count). The Bertz CT molecular complexity index is 442. The van der Waals surface area contributed by atoms with Crippen molar-refractivity contribution in [2.75, 3.05) is 26.7 Å². The Kier molecular flexibility index (Phi) is 4.39. The Morgan fingerprint density at radius 2 is 2.10 bits per heavy atom. The molecule has 0 spiro atoms. The molecule has 1 heterocycles. The van der Waals surface area contributed by atoms with Crippen LogP contribution < -0.4 is 5.32 Å². The third-order valence-electron chi connectivity index (χ3n) is 4.57. The average Bonchev–Trinajstić information content (AvgIpc) is 3.32. The van der Waals surface area contributed by atoms with E-state index in [1.165, 1.54) is 24.0 Å². The van der Waals surface area contributed by atoms with Crippen molar-refractivity contribution in [1.29, 1.82) is 0 Å². The molecule has 2 unspecified atom stereocenters. The van der Waals surface area contributed by atoms with Crippen molar-refractivity contribution in [3.8, 4) is 0 Å². The number of rotatable bonds is 5. The second-order valence-electron chi connectivity index (χ2n) is 5.93. The summed E-state index contributed by atoms with van der Waals surface area (Å²) in [6.45, 7) is 5.12. The zero-order valence-corrected chi connectivity index (χ0v) is 12.6. The first-order valence-electron chi connectivity index (χ1n) is 7.95. The Balaban J connectivity index is 1.93. The van der Waals surface area contributed by atoms with Gasteiger partial charge in [0.1, 0.15) is 0 Å². The molecule has 0 bridgehead atoms. The van der Waals surface area contributed by atoms with Crippen LogP contribution in [0.1, 0.15) is 36.9 Å². The highest BCUT2D eigenvalue weighted by Crippen LogP contribution is 2.39. The second-order valence-corrected chi connectivity index (χ2v) is 5.93. The Labute approximate surface area is 122 Å². The molecule has 2 aliphatic rings. The van der Waals surface area contributed by atoms with Crippen LogP contribution in [0.5, 0.6) is 0 Å². The SMILES string of the molecule is CCc1ccccc1C1C(CNC)OCCN1C1CC1. The Hall–Kier alpha value is -0.900. The quantitative estimate of drug-likeness (QED) is 0.892. The fraction of sp³-hybridized carbons (Fsp3) is 0.647. The van der Waals surface area contributed by atoms with Gasteiger partial charge in [0, 0.05) is 19.1 Å². The number of likely N-dealkylation sites (N-methyl/N-ethyl adjacent to an activating group) is 1. The largest absolute Gasteiger partial charge is 0.374 e. The fourth-order valence-corrected chi connectivity index (χ4v) is 3.46. The topological polar surface area (TPSA) is 24.5 Å². The van der Waals surface area contributed by atoms with Crippen LogP contribution in [0, 0.1) is 0 Å². The van der Waals surface area contributed by atoms with Gasteiger partial charge in [0.05, 0.1) is 18.8 Å². The average molecular weight is 274 g/mol. The van der Waals surface area contributed by atoms with Gasteiger partial charge in [-0.25, -0.2) is 0 Å². The van der Waals surface area contributed by atoms with E-state index in [2.05, 4.69) is 41.4 Å². The predicted octanol–water partition coefficient (Wildman–Crippen LogP) is 2.37. The van der Waals surface area contributed by atoms with Crippen molar-refractivity contribution in [1.82, 2.24) is 10.2 Å². The van der Waals surface area contributed by atoms with Crippen LogP contribution in [0.3, 0.4) is 0 Å². The standard InChI is InChI=1S/C17H26N2O/c1-3-13-6-4-5-7-15(13)17-16(12-18-2)20-11-10-19(17)14-8-9-14/h4-7,14,16-18H,3,8-12H2,1-2H3. The van der Waals surface area contributed by atoms with Crippen LogP contribution in [0.2, 0.25) is 0 Å². The highest BCUT2D eigenvalue weighted by molar-refractivity contribution is 5.32. The van der Waals surface area contributed by atoms with E-state index < -0.39 is 0 Å². The van der Waals surface area contributed by atoms with Crippen LogP contribution in [0.25, 0.3) is 0 Å². The number of hydrogen-bond donors (Lipinski definition) is 1. The predicted molar refractivity (Wildman–Crippen MR) is 82.0 cm³/mol. The molecule has 110 valence electrons. The molecule has 0 aromatic heterocycles. The second kappa shape index (κ2) is 6.25. The molecule has 1 saturated carbocycles. The van der Waals surface area contributed by atoms with Crippen molar-refractivity contribution in [2.24, 2.45) is 0 Å². The number of hydrogen-bond acceptors (Lipinski definition) is 3. The third kappa shape index (κ3) is 2.76. The third-order valence-corrected chi connectivity index (χ3v) is 4.57. The molecule has 1 aromatic rings. The monoisotopic (exact) mass is 274 g/mol. The van der Waals surface area contributed by atoms with Gasteiger partial charge >= 0.3 is 0 Å². The van der Waals surface area contributed by atoms with Crippen molar-refractivity contribution >= 4 is 0 Å². The molecule has 1 N–H and O–H groups in total. The molecule has 3 nitrogen and oxygen atoms in total. The molecular formula is C17H26N2O. The van der Waals surface area contributed by atoms with E-state index in [9.17, 15) is 0 Å². The van der Waals surface area contributed by atoms with Gasteiger partial charge in [0.15, 0.2) is 0 Å². The van der Waals surface area contributed by atoms with Crippen LogP contribution in [0.4, 0.5) is 0 Å². The molecule has 20 heavy (non-hydrogen) atoms. The molecule has 1 aliphatic heterocycles. The smallest absolute Gasteiger partial charge is 0.0896 e. The van der Waals surface area contributed by atoms with E-state index in [1.54, 1.807) is 0 Å². The van der Waals surface area contributed by atoms with Crippen LogP contribution in [0.15, 0.2) is 24.3 Å². The van der Waals surface area contributed by atoms with Crippen LogP contribution >= 0.6 is 0 Å². The summed E-state index contributed by atoms with van der Waals surface area (Å²) in [5.74, 6) is 0. The highest BCUT2D eigenvalue weighted by Gasteiger charge is 2.41. The van der Waals surface area contributed by atoms with Gasteiger partial charge in [0.2, 0.25) is 0 Å². The zero-order chi connectivity index (χ0) is 13.9. The van der Waals surface area contributed by atoms with Crippen molar-refractivity contribution < 1.29 is 4.74 Å². The van der Waals surface area contributed by atoms with Gasteiger partial charge < -0.3 is 10.1 Å². The van der Waals surface area contributed by atoms with E-state index in [4.69, 9.17) is 4.74 Å². The van der Waals surface area contributed by atoms with E-state index in [0.717, 1.165) is 32.2 Å².